The average molecular weight is 436 g/mol. The van der Waals surface area contributed by atoms with Crippen LogP contribution in [0.15, 0.2) is 34.8 Å². The van der Waals surface area contributed by atoms with E-state index in [0.29, 0.717) is 6.04 Å². The van der Waals surface area contributed by atoms with Gasteiger partial charge in [0.05, 0.1) is 0 Å². The number of hydrogen-bond donors (Lipinski definition) is 1. The summed E-state index contributed by atoms with van der Waals surface area (Å²) in [7, 11) is 0. The quantitative estimate of drug-likeness (QED) is 0.644. The molecule has 96 valence electrons. The van der Waals surface area contributed by atoms with Crippen molar-refractivity contribution in [1.82, 2.24) is 5.32 Å². The lowest BCUT2D eigenvalue weighted by Crippen LogP contribution is -2.21. The van der Waals surface area contributed by atoms with Crippen molar-refractivity contribution in [2.75, 3.05) is 0 Å². The Morgan fingerprint density at radius 1 is 1.28 bits per heavy atom. The van der Waals surface area contributed by atoms with Crippen molar-refractivity contribution in [2.45, 2.75) is 26.4 Å². The Hall–Kier alpha value is 0.0900. The lowest BCUT2D eigenvalue weighted by atomic mass is 10.2. The number of rotatable bonds is 4. The van der Waals surface area contributed by atoms with E-state index < -0.39 is 0 Å². The highest BCUT2D eigenvalue weighted by Crippen LogP contribution is 2.31. The summed E-state index contributed by atoms with van der Waals surface area (Å²) in [5.74, 6) is 0. The second kappa shape index (κ2) is 6.50. The molecule has 1 nitrogen and oxygen atoms in total. The highest BCUT2D eigenvalue weighted by molar-refractivity contribution is 14.1. The Morgan fingerprint density at radius 3 is 2.72 bits per heavy atom. The normalized spacial score (nSPS) is 11.2. The van der Waals surface area contributed by atoms with E-state index in [9.17, 15) is 0 Å². The molecule has 0 bridgehead atoms. The zero-order chi connectivity index (χ0) is 13.1. The molecule has 2 rings (SSSR count). The summed E-state index contributed by atoms with van der Waals surface area (Å²) in [4.78, 5) is 2.71. The molecule has 1 N–H and O–H groups in total. The Labute approximate surface area is 134 Å². The van der Waals surface area contributed by atoms with Crippen LogP contribution in [-0.2, 0) is 6.54 Å². The molecule has 1 heterocycles. The van der Waals surface area contributed by atoms with E-state index in [-0.39, 0.29) is 0 Å². The highest BCUT2D eigenvalue weighted by Gasteiger charge is 2.05. The van der Waals surface area contributed by atoms with Crippen LogP contribution in [0.4, 0.5) is 0 Å². The van der Waals surface area contributed by atoms with Crippen LogP contribution in [0.3, 0.4) is 0 Å². The molecule has 0 aliphatic heterocycles. The molecule has 4 heteroatoms. The molecule has 18 heavy (non-hydrogen) atoms. The van der Waals surface area contributed by atoms with Crippen LogP contribution in [0.5, 0.6) is 0 Å². The third-order valence-corrected chi connectivity index (χ3v) is 6.02. The monoisotopic (exact) mass is 435 g/mol. The predicted molar refractivity (Wildman–Crippen MR) is 92.1 cm³/mol. The van der Waals surface area contributed by atoms with Crippen LogP contribution < -0.4 is 5.32 Å². The average Bonchev–Trinajstić information content (AvgIpc) is 2.79. The standard InChI is InChI=1S/C14H15BrINS/c1-9(2)17-8-11-4-6-14(18-11)10-3-5-13(16)12(15)7-10/h3-7,9,17H,8H2,1-2H3. The van der Waals surface area contributed by atoms with E-state index in [2.05, 4.69) is 88.0 Å². The molecule has 0 saturated carbocycles. The van der Waals surface area contributed by atoms with Crippen LogP contribution in [-0.4, -0.2) is 6.04 Å². The van der Waals surface area contributed by atoms with Gasteiger partial charge in [-0.25, -0.2) is 0 Å². The van der Waals surface area contributed by atoms with Gasteiger partial charge >= 0.3 is 0 Å². The van der Waals surface area contributed by atoms with Crippen LogP contribution in [0, 0.1) is 3.57 Å². The van der Waals surface area contributed by atoms with Crippen LogP contribution in [0.25, 0.3) is 10.4 Å². The van der Waals surface area contributed by atoms with Gasteiger partial charge in [-0.1, -0.05) is 19.9 Å². The Balaban J connectivity index is 2.16. The smallest absolute Gasteiger partial charge is 0.0346 e. The maximum atomic E-state index is 3.58. The highest BCUT2D eigenvalue weighted by atomic mass is 127. The van der Waals surface area contributed by atoms with E-state index in [0.717, 1.165) is 11.0 Å². The summed E-state index contributed by atoms with van der Waals surface area (Å²) in [5, 5.41) is 3.45. The first-order chi connectivity index (χ1) is 8.56. The first kappa shape index (κ1) is 14.5. The van der Waals surface area contributed by atoms with Crippen molar-refractivity contribution in [3.8, 4) is 10.4 Å². The number of halogens is 2. The van der Waals surface area contributed by atoms with Gasteiger partial charge in [0.15, 0.2) is 0 Å². The minimum Gasteiger partial charge on any atom is -0.310 e. The molecule has 0 aliphatic carbocycles. The number of nitrogens with one attached hydrogen (secondary N) is 1. The van der Waals surface area contributed by atoms with Gasteiger partial charge in [0.2, 0.25) is 0 Å². The van der Waals surface area contributed by atoms with Gasteiger partial charge in [-0.3, -0.25) is 0 Å². The molecule has 0 saturated heterocycles. The van der Waals surface area contributed by atoms with Crippen LogP contribution in [0.2, 0.25) is 0 Å². The van der Waals surface area contributed by atoms with Crippen molar-refractivity contribution in [3.05, 3.63) is 43.3 Å². The van der Waals surface area contributed by atoms with Gasteiger partial charge in [0.25, 0.3) is 0 Å². The van der Waals surface area contributed by atoms with E-state index in [4.69, 9.17) is 0 Å². The summed E-state index contributed by atoms with van der Waals surface area (Å²) >= 11 is 7.77. The Kier molecular flexibility index (Phi) is 5.24. The van der Waals surface area contributed by atoms with E-state index in [1.807, 2.05) is 11.3 Å². The maximum absolute atomic E-state index is 3.58. The summed E-state index contributed by atoms with van der Waals surface area (Å²) in [5.41, 5.74) is 1.28. The van der Waals surface area contributed by atoms with E-state index in [1.54, 1.807) is 0 Å². The van der Waals surface area contributed by atoms with Crippen molar-refractivity contribution in [1.29, 1.82) is 0 Å². The van der Waals surface area contributed by atoms with Crippen molar-refractivity contribution in [2.24, 2.45) is 0 Å². The van der Waals surface area contributed by atoms with Crippen LogP contribution in [0.1, 0.15) is 18.7 Å². The fraction of sp³-hybridized carbons (Fsp3) is 0.286. The molecule has 0 aliphatic rings. The van der Waals surface area contributed by atoms with Crippen molar-refractivity contribution >= 4 is 49.9 Å². The SMILES string of the molecule is CC(C)NCc1ccc(-c2ccc(I)c(Br)c2)s1. The zero-order valence-electron chi connectivity index (χ0n) is 10.3. The first-order valence-electron chi connectivity index (χ1n) is 5.84. The molecule has 0 amide bonds. The second-order valence-electron chi connectivity index (χ2n) is 4.43. The summed E-state index contributed by atoms with van der Waals surface area (Å²) in [6, 6.07) is 11.5. The van der Waals surface area contributed by atoms with E-state index >= 15 is 0 Å². The van der Waals surface area contributed by atoms with Gasteiger partial charge < -0.3 is 5.32 Å². The molecule has 0 fully saturated rings. The number of thiophene rings is 1. The van der Waals surface area contributed by atoms with Crippen molar-refractivity contribution in [3.63, 3.8) is 0 Å². The van der Waals surface area contributed by atoms with E-state index in [1.165, 1.54) is 18.9 Å². The van der Waals surface area contributed by atoms with Gasteiger partial charge in [0, 0.05) is 30.4 Å². The second-order valence-corrected chi connectivity index (χ2v) is 7.62. The summed E-state index contributed by atoms with van der Waals surface area (Å²) < 4.78 is 2.41. The minimum atomic E-state index is 0.531. The molecule has 0 unspecified atom stereocenters. The molecule has 1 aromatic carbocycles. The molecule has 0 spiro atoms. The fourth-order valence-electron chi connectivity index (χ4n) is 1.58. The largest absolute Gasteiger partial charge is 0.310 e. The lowest BCUT2D eigenvalue weighted by Gasteiger charge is -2.05. The Morgan fingerprint density at radius 2 is 2.06 bits per heavy atom. The van der Waals surface area contributed by atoms with Gasteiger partial charge in [-0.15, -0.1) is 11.3 Å². The molecule has 0 atom stereocenters. The third-order valence-electron chi connectivity index (χ3n) is 2.55. The summed E-state index contributed by atoms with van der Waals surface area (Å²) in [6.45, 7) is 5.30. The molecule has 2 aromatic rings. The van der Waals surface area contributed by atoms with Gasteiger partial charge in [-0.2, -0.15) is 0 Å². The van der Waals surface area contributed by atoms with Gasteiger partial charge in [-0.05, 0) is 68.3 Å². The molecular formula is C14H15BrINS. The lowest BCUT2D eigenvalue weighted by molar-refractivity contribution is 0.593. The number of hydrogen-bond acceptors (Lipinski definition) is 2. The Bertz CT molecular complexity index is 536. The topological polar surface area (TPSA) is 12.0 Å². The first-order valence-corrected chi connectivity index (χ1v) is 8.52. The van der Waals surface area contributed by atoms with Crippen LogP contribution >= 0.6 is 49.9 Å². The van der Waals surface area contributed by atoms with Gasteiger partial charge in [0.1, 0.15) is 0 Å². The summed E-state index contributed by atoms with van der Waals surface area (Å²) in [6.07, 6.45) is 0. The maximum Gasteiger partial charge on any atom is 0.0346 e. The fourth-order valence-corrected chi connectivity index (χ4v) is 3.25. The third kappa shape index (κ3) is 3.79. The number of benzene rings is 1. The molecule has 1 aromatic heterocycles. The minimum absolute atomic E-state index is 0.531. The van der Waals surface area contributed by atoms with Crippen molar-refractivity contribution < 1.29 is 0 Å². The molecule has 0 radical (unpaired) electrons. The zero-order valence-corrected chi connectivity index (χ0v) is 14.9. The molecular weight excluding hydrogens is 421 g/mol. The predicted octanol–water partition coefficient (Wildman–Crippen LogP) is 5.28.